The average molecular weight is 510 g/mol. The lowest BCUT2D eigenvalue weighted by Gasteiger charge is -2.35. The zero-order valence-electron chi connectivity index (χ0n) is 20.4. The topological polar surface area (TPSA) is 97.4 Å². The zero-order chi connectivity index (χ0) is 26.0. The Bertz CT molecular complexity index is 1520. The predicted molar refractivity (Wildman–Crippen MR) is 138 cm³/mol. The molecule has 0 spiro atoms. The summed E-state index contributed by atoms with van der Waals surface area (Å²) in [5.41, 5.74) is 2.85. The largest absolute Gasteiger partial charge is 0.497 e. The number of hydrogen-bond donors (Lipinski definition) is 1. The second-order valence-corrected chi connectivity index (χ2v) is 9.60. The van der Waals surface area contributed by atoms with E-state index in [1.165, 1.54) is 4.90 Å². The van der Waals surface area contributed by atoms with Gasteiger partial charge in [-0.3, -0.25) is 14.4 Å². The summed E-state index contributed by atoms with van der Waals surface area (Å²) in [6.07, 6.45) is 3.75. The minimum absolute atomic E-state index is 0.0830. The third kappa shape index (κ3) is 3.21. The van der Waals surface area contributed by atoms with Crippen LogP contribution in [-0.4, -0.2) is 42.6 Å². The molecule has 38 heavy (non-hydrogen) atoms. The molecule has 4 heterocycles. The van der Waals surface area contributed by atoms with Gasteiger partial charge in [0.15, 0.2) is 11.5 Å². The van der Waals surface area contributed by atoms with E-state index in [0.29, 0.717) is 28.6 Å². The normalized spacial score (nSPS) is 24.2. The van der Waals surface area contributed by atoms with Crippen molar-refractivity contribution in [3.8, 4) is 17.2 Å². The molecule has 9 heteroatoms. The third-order valence-corrected chi connectivity index (χ3v) is 7.70. The molecule has 0 radical (unpaired) electrons. The van der Waals surface area contributed by atoms with Gasteiger partial charge in [-0.25, -0.2) is 4.90 Å². The van der Waals surface area contributed by atoms with Gasteiger partial charge in [0, 0.05) is 18.0 Å². The molecule has 0 bridgehead atoms. The van der Waals surface area contributed by atoms with Crippen LogP contribution in [0.4, 0.5) is 11.4 Å². The highest BCUT2D eigenvalue weighted by molar-refractivity contribution is 6.24. The molecule has 3 aromatic carbocycles. The van der Waals surface area contributed by atoms with E-state index in [-0.39, 0.29) is 18.6 Å². The van der Waals surface area contributed by atoms with Crippen molar-refractivity contribution in [2.75, 3.05) is 24.1 Å². The van der Waals surface area contributed by atoms with Gasteiger partial charge in [-0.05, 0) is 53.6 Å². The Morgan fingerprint density at radius 1 is 0.947 bits per heavy atom. The second-order valence-electron chi connectivity index (χ2n) is 9.60. The molecule has 4 aliphatic rings. The van der Waals surface area contributed by atoms with Crippen LogP contribution in [0.1, 0.15) is 17.2 Å². The number of rotatable bonds is 4. The molecule has 190 valence electrons. The van der Waals surface area contributed by atoms with E-state index in [1.807, 2.05) is 41.4 Å². The SMILES string of the molecule is COc1ccc(NC(=O)[C@H]2[C@@H]3C(=O)N(c4ccc5c(c4)OCO5)C(=O)[C@@H]3[C@H]3c4ccccc4C=CN32)cc1. The molecule has 0 aromatic heterocycles. The lowest BCUT2D eigenvalue weighted by Crippen LogP contribution is -2.46. The molecule has 4 aliphatic heterocycles. The lowest BCUT2D eigenvalue weighted by molar-refractivity contribution is -0.128. The molecule has 3 aromatic rings. The molecule has 9 nitrogen and oxygen atoms in total. The predicted octanol–water partition coefficient (Wildman–Crippen LogP) is 3.58. The van der Waals surface area contributed by atoms with Gasteiger partial charge < -0.3 is 24.4 Å². The molecule has 4 atom stereocenters. The van der Waals surface area contributed by atoms with Crippen LogP contribution >= 0.6 is 0 Å². The number of fused-ring (bicyclic) bond motifs is 6. The Morgan fingerprint density at radius 3 is 2.53 bits per heavy atom. The summed E-state index contributed by atoms with van der Waals surface area (Å²) in [7, 11) is 1.57. The standard InChI is InChI=1S/C29H23N3O6/c1-36-19-9-6-17(7-10-19)30-27(33)26-24-23(25-20-5-3-2-4-16(20)12-13-31(25)26)28(34)32(29(24)35)18-8-11-21-22(14-18)38-15-37-21/h2-14,23-26H,15H2,1H3,(H,30,33)/t23-,24+,25+,26+/m0/s1. The van der Waals surface area contributed by atoms with Crippen LogP contribution in [0.3, 0.4) is 0 Å². The van der Waals surface area contributed by atoms with Gasteiger partial charge in [-0.1, -0.05) is 24.3 Å². The highest BCUT2D eigenvalue weighted by Gasteiger charge is 2.64. The van der Waals surface area contributed by atoms with E-state index in [1.54, 1.807) is 49.6 Å². The molecular formula is C29H23N3O6. The first-order valence-corrected chi connectivity index (χ1v) is 12.3. The fourth-order valence-electron chi connectivity index (χ4n) is 6.03. The summed E-state index contributed by atoms with van der Waals surface area (Å²) in [6, 6.07) is 18.4. The monoisotopic (exact) mass is 509 g/mol. The fraction of sp³-hybridized carbons (Fsp3) is 0.207. The number of methoxy groups -OCH3 is 1. The number of amides is 3. The molecule has 2 fully saturated rings. The van der Waals surface area contributed by atoms with Gasteiger partial charge in [0.25, 0.3) is 0 Å². The van der Waals surface area contributed by atoms with Crippen molar-refractivity contribution in [1.82, 2.24) is 4.90 Å². The maximum atomic E-state index is 14.0. The molecule has 1 N–H and O–H groups in total. The van der Waals surface area contributed by atoms with Crippen molar-refractivity contribution in [1.29, 1.82) is 0 Å². The number of carbonyl (C=O) groups is 3. The van der Waals surface area contributed by atoms with E-state index < -0.39 is 29.8 Å². The molecule has 0 aliphatic carbocycles. The minimum Gasteiger partial charge on any atom is -0.497 e. The number of carbonyl (C=O) groups excluding carboxylic acids is 3. The van der Waals surface area contributed by atoms with Crippen LogP contribution in [0, 0.1) is 11.8 Å². The molecule has 2 saturated heterocycles. The summed E-state index contributed by atoms with van der Waals surface area (Å²) in [5.74, 6) is -1.00. The highest BCUT2D eigenvalue weighted by Crippen LogP contribution is 2.53. The summed E-state index contributed by atoms with van der Waals surface area (Å²) in [6.45, 7) is 0.0830. The molecule has 0 unspecified atom stereocenters. The number of nitrogens with one attached hydrogen (secondary N) is 1. The first-order chi connectivity index (χ1) is 18.5. The van der Waals surface area contributed by atoms with Crippen molar-refractivity contribution in [3.63, 3.8) is 0 Å². The van der Waals surface area contributed by atoms with Crippen LogP contribution in [0.25, 0.3) is 6.08 Å². The van der Waals surface area contributed by atoms with Gasteiger partial charge in [-0.2, -0.15) is 0 Å². The Balaban J connectivity index is 1.29. The number of imide groups is 1. The summed E-state index contributed by atoms with van der Waals surface area (Å²) < 4.78 is 16.1. The van der Waals surface area contributed by atoms with Gasteiger partial charge >= 0.3 is 0 Å². The van der Waals surface area contributed by atoms with E-state index in [4.69, 9.17) is 14.2 Å². The Hall–Kier alpha value is -4.79. The number of nitrogens with zero attached hydrogens (tertiary/aromatic N) is 2. The molecule has 7 rings (SSSR count). The van der Waals surface area contributed by atoms with Crippen LogP contribution in [0.5, 0.6) is 17.2 Å². The fourth-order valence-corrected chi connectivity index (χ4v) is 6.03. The highest BCUT2D eigenvalue weighted by atomic mass is 16.7. The number of benzene rings is 3. The Labute approximate surface area is 218 Å². The van der Waals surface area contributed by atoms with Crippen LogP contribution in [0.15, 0.2) is 72.9 Å². The molecular weight excluding hydrogens is 486 g/mol. The average Bonchev–Trinajstić information content (AvgIpc) is 3.62. The Kier molecular flexibility index (Phi) is 4.94. The van der Waals surface area contributed by atoms with Crippen LogP contribution in [-0.2, 0) is 14.4 Å². The maximum Gasteiger partial charge on any atom is 0.247 e. The van der Waals surface area contributed by atoms with Gasteiger partial charge in [0.1, 0.15) is 11.8 Å². The van der Waals surface area contributed by atoms with E-state index >= 15 is 0 Å². The van der Waals surface area contributed by atoms with Gasteiger partial charge in [-0.15, -0.1) is 0 Å². The summed E-state index contributed by atoms with van der Waals surface area (Å²) in [5, 5.41) is 2.94. The molecule has 3 amide bonds. The van der Waals surface area contributed by atoms with Gasteiger partial charge in [0.2, 0.25) is 24.5 Å². The lowest BCUT2D eigenvalue weighted by atomic mass is 9.84. The first kappa shape index (κ1) is 22.4. The van der Waals surface area contributed by atoms with Gasteiger partial charge in [0.05, 0.1) is 30.7 Å². The summed E-state index contributed by atoms with van der Waals surface area (Å²) >= 11 is 0. The summed E-state index contributed by atoms with van der Waals surface area (Å²) in [4.78, 5) is 44.8. The van der Waals surface area contributed by atoms with Crippen LogP contribution in [0.2, 0.25) is 0 Å². The van der Waals surface area contributed by atoms with E-state index in [9.17, 15) is 14.4 Å². The first-order valence-electron chi connectivity index (χ1n) is 12.3. The van der Waals surface area contributed by atoms with Crippen molar-refractivity contribution >= 4 is 35.2 Å². The smallest absolute Gasteiger partial charge is 0.247 e. The minimum atomic E-state index is -0.882. The zero-order valence-corrected chi connectivity index (χ0v) is 20.4. The Morgan fingerprint density at radius 2 is 1.71 bits per heavy atom. The van der Waals surface area contributed by atoms with Crippen molar-refractivity contribution < 1.29 is 28.6 Å². The van der Waals surface area contributed by atoms with Crippen molar-refractivity contribution in [2.24, 2.45) is 11.8 Å². The van der Waals surface area contributed by atoms with Crippen molar-refractivity contribution in [3.05, 3.63) is 84.1 Å². The number of hydrogen-bond acceptors (Lipinski definition) is 7. The third-order valence-electron chi connectivity index (χ3n) is 7.70. The number of anilines is 2. The van der Waals surface area contributed by atoms with Crippen LogP contribution < -0.4 is 24.4 Å². The number of ether oxygens (including phenoxy) is 3. The maximum absolute atomic E-state index is 14.0. The van der Waals surface area contributed by atoms with E-state index in [0.717, 1.165) is 11.1 Å². The van der Waals surface area contributed by atoms with E-state index in [2.05, 4.69) is 5.32 Å². The quantitative estimate of drug-likeness (QED) is 0.537. The second kappa shape index (κ2) is 8.37. The van der Waals surface area contributed by atoms with Crippen molar-refractivity contribution in [2.45, 2.75) is 12.1 Å². The molecule has 0 saturated carbocycles.